The van der Waals surface area contributed by atoms with Crippen LogP contribution >= 0.6 is 0 Å². The molecular formula is C13H22N4O. The lowest BCUT2D eigenvalue weighted by molar-refractivity contribution is 0.115. The lowest BCUT2D eigenvalue weighted by Crippen LogP contribution is -2.33. The van der Waals surface area contributed by atoms with Crippen LogP contribution in [0.4, 0.5) is 5.95 Å². The third kappa shape index (κ3) is 3.17. The van der Waals surface area contributed by atoms with Gasteiger partial charge in [0.25, 0.3) is 0 Å². The van der Waals surface area contributed by atoms with E-state index in [1.807, 2.05) is 13.0 Å². The first-order valence-corrected chi connectivity index (χ1v) is 6.64. The fourth-order valence-corrected chi connectivity index (χ4v) is 2.25. The summed E-state index contributed by atoms with van der Waals surface area (Å²) in [6.07, 6.45) is 2.60. The minimum atomic E-state index is 0.315. The first-order valence-electron chi connectivity index (χ1n) is 6.64. The van der Waals surface area contributed by atoms with Crippen LogP contribution in [0.25, 0.3) is 0 Å². The molecule has 1 aliphatic rings. The molecule has 1 saturated heterocycles. The molecular weight excluding hydrogens is 228 g/mol. The minimum Gasteiger partial charge on any atom is -0.376 e. The Morgan fingerprint density at radius 3 is 2.94 bits per heavy atom. The third-order valence-corrected chi connectivity index (χ3v) is 3.22. The number of nitrogens with zero attached hydrogens (tertiary/aromatic N) is 3. The van der Waals surface area contributed by atoms with Crippen LogP contribution in [-0.2, 0) is 11.3 Å². The molecule has 0 bridgehead atoms. The number of nitrogens with two attached hydrogens (primary N) is 1. The Balaban J connectivity index is 2.12. The largest absolute Gasteiger partial charge is 0.376 e. The molecule has 0 spiro atoms. The van der Waals surface area contributed by atoms with Gasteiger partial charge >= 0.3 is 0 Å². The molecule has 2 heterocycles. The van der Waals surface area contributed by atoms with E-state index in [0.717, 1.165) is 49.9 Å². The Labute approximate surface area is 108 Å². The number of hydrogen-bond acceptors (Lipinski definition) is 5. The maximum Gasteiger partial charge on any atom is 0.225 e. The maximum atomic E-state index is 5.67. The monoisotopic (exact) mass is 250 g/mol. The molecule has 1 aromatic heterocycles. The van der Waals surface area contributed by atoms with Gasteiger partial charge in [-0.2, -0.15) is 0 Å². The lowest BCUT2D eigenvalue weighted by atomic mass is 10.2. The molecule has 1 aliphatic heterocycles. The van der Waals surface area contributed by atoms with Crippen molar-refractivity contribution in [2.24, 2.45) is 5.73 Å². The Bertz CT molecular complexity index is 391. The Morgan fingerprint density at radius 1 is 1.50 bits per heavy atom. The van der Waals surface area contributed by atoms with Gasteiger partial charge < -0.3 is 15.4 Å². The minimum absolute atomic E-state index is 0.315. The molecule has 100 valence electrons. The normalized spacial score (nSPS) is 19.2. The van der Waals surface area contributed by atoms with Gasteiger partial charge in [0.2, 0.25) is 5.95 Å². The molecule has 0 aromatic carbocycles. The summed E-state index contributed by atoms with van der Waals surface area (Å²) in [5, 5.41) is 0. The summed E-state index contributed by atoms with van der Waals surface area (Å²) < 4.78 is 5.67. The van der Waals surface area contributed by atoms with Gasteiger partial charge in [-0.1, -0.05) is 0 Å². The lowest BCUT2D eigenvalue weighted by Gasteiger charge is -2.24. The van der Waals surface area contributed by atoms with Gasteiger partial charge in [0.1, 0.15) is 0 Å². The molecule has 1 fully saturated rings. The molecule has 1 atom stereocenters. The Hall–Kier alpha value is -1.20. The molecule has 0 aliphatic carbocycles. The van der Waals surface area contributed by atoms with Gasteiger partial charge in [0, 0.05) is 31.9 Å². The van der Waals surface area contributed by atoms with Crippen molar-refractivity contribution in [3.8, 4) is 0 Å². The van der Waals surface area contributed by atoms with Crippen molar-refractivity contribution in [1.29, 1.82) is 0 Å². The fourth-order valence-electron chi connectivity index (χ4n) is 2.25. The topological polar surface area (TPSA) is 64.3 Å². The zero-order valence-corrected chi connectivity index (χ0v) is 11.2. The van der Waals surface area contributed by atoms with Crippen LogP contribution in [0.2, 0.25) is 0 Å². The summed E-state index contributed by atoms with van der Waals surface area (Å²) in [7, 11) is 0. The van der Waals surface area contributed by atoms with E-state index >= 15 is 0 Å². The SMILES string of the molecule is CCN(CC1CCCO1)c1nc(C)cc(CN)n1. The number of anilines is 1. The van der Waals surface area contributed by atoms with Gasteiger partial charge in [-0.05, 0) is 32.8 Å². The fraction of sp³-hybridized carbons (Fsp3) is 0.692. The smallest absolute Gasteiger partial charge is 0.225 e. The van der Waals surface area contributed by atoms with Crippen LogP contribution in [0.3, 0.4) is 0 Å². The van der Waals surface area contributed by atoms with Gasteiger partial charge in [0.05, 0.1) is 11.8 Å². The number of hydrogen-bond donors (Lipinski definition) is 1. The van der Waals surface area contributed by atoms with Crippen molar-refractivity contribution in [3.63, 3.8) is 0 Å². The van der Waals surface area contributed by atoms with Gasteiger partial charge in [-0.25, -0.2) is 9.97 Å². The summed E-state index contributed by atoms with van der Waals surface area (Å²) in [6, 6.07) is 1.93. The van der Waals surface area contributed by atoms with Crippen molar-refractivity contribution in [2.75, 3.05) is 24.6 Å². The molecule has 0 radical (unpaired) electrons. The quantitative estimate of drug-likeness (QED) is 0.852. The average Bonchev–Trinajstić information content (AvgIpc) is 2.88. The van der Waals surface area contributed by atoms with Crippen LogP contribution in [0.15, 0.2) is 6.07 Å². The van der Waals surface area contributed by atoms with E-state index in [2.05, 4.69) is 21.8 Å². The number of ether oxygens (including phenoxy) is 1. The molecule has 5 heteroatoms. The van der Waals surface area contributed by atoms with E-state index in [4.69, 9.17) is 10.5 Å². The zero-order chi connectivity index (χ0) is 13.0. The van der Waals surface area contributed by atoms with Crippen LogP contribution in [0.5, 0.6) is 0 Å². The second kappa shape index (κ2) is 6.11. The highest BCUT2D eigenvalue weighted by atomic mass is 16.5. The highest BCUT2D eigenvalue weighted by Gasteiger charge is 2.20. The number of aryl methyl sites for hydroxylation is 1. The van der Waals surface area contributed by atoms with Gasteiger partial charge in [-0.15, -0.1) is 0 Å². The first-order chi connectivity index (χ1) is 8.72. The molecule has 2 N–H and O–H groups in total. The van der Waals surface area contributed by atoms with Crippen molar-refractivity contribution in [3.05, 3.63) is 17.5 Å². The van der Waals surface area contributed by atoms with Crippen LogP contribution in [0.1, 0.15) is 31.2 Å². The van der Waals surface area contributed by atoms with Gasteiger partial charge in [-0.3, -0.25) is 0 Å². The standard InChI is InChI=1S/C13H22N4O/c1-3-17(9-12-5-4-6-18-12)13-15-10(2)7-11(8-14)16-13/h7,12H,3-6,8-9,14H2,1-2H3. The highest BCUT2D eigenvalue weighted by molar-refractivity contribution is 5.32. The number of rotatable bonds is 5. The number of likely N-dealkylation sites (N-methyl/N-ethyl adjacent to an activating group) is 1. The highest BCUT2D eigenvalue weighted by Crippen LogP contribution is 2.17. The first kappa shape index (κ1) is 13.2. The zero-order valence-electron chi connectivity index (χ0n) is 11.2. The van der Waals surface area contributed by atoms with E-state index in [1.54, 1.807) is 0 Å². The van der Waals surface area contributed by atoms with E-state index < -0.39 is 0 Å². The van der Waals surface area contributed by atoms with Crippen LogP contribution in [0, 0.1) is 6.92 Å². The van der Waals surface area contributed by atoms with E-state index in [9.17, 15) is 0 Å². The summed E-state index contributed by atoms with van der Waals surface area (Å²) in [6.45, 7) is 7.17. The predicted molar refractivity (Wildman–Crippen MR) is 71.5 cm³/mol. The molecule has 0 amide bonds. The summed E-state index contributed by atoms with van der Waals surface area (Å²) in [5.41, 5.74) is 7.52. The maximum absolute atomic E-state index is 5.67. The average molecular weight is 250 g/mol. The molecule has 1 aromatic rings. The number of aromatic nitrogens is 2. The second-order valence-corrected chi connectivity index (χ2v) is 4.68. The van der Waals surface area contributed by atoms with E-state index in [1.165, 1.54) is 0 Å². The Morgan fingerprint density at radius 2 is 2.33 bits per heavy atom. The van der Waals surface area contributed by atoms with Crippen molar-refractivity contribution in [1.82, 2.24) is 9.97 Å². The van der Waals surface area contributed by atoms with Crippen LogP contribution < -0.4 is 10.6 Å². The second-order valence-electron chi connectivity index (χ2n) is 4.68. The van der Waals surface area contributed by atoms with E-state index in [0.29, 0.717) is 12.6 Å². The summed E-state index contributed by atoms with van der Waals surface area (Å²) in [5.74, 6) is 0.772. The molecule has 0 saturated carbocycles. The van der Waals surface area contributed by atoms with Crippen molar-refractivity contribution in [2.45, 2.75) is 39.3 Å². The summed E-state index contributed by atoms with van der Waals surface area (Å²) >= 11 is 0. The predicted octanol–water partition coefficient (Wildman–Crippen LogP) is 1.25. The van der Waals surface area contributed by atoms with E-state index in [-0.39, 0.29) is 0 Å². The van der Waals surface area contributed by atoms with Crippen LogP contribution in [-0.4, -0.2) is 35.8 Å². The molecule has 1 unspecified atom stereocenters. The molecule has 2 rings (SSSR count). The Kier molecular flexibility index (Phi) is 4.49. The molecule has 5 nitrogen and oxygen atoms in total. The summed E-state index contributed by atoms with van der Waals surface area (Å²) in [4.78, 5) is 11.2. The van der Waals surface area contributed by atoms with Gasteiger partial charge in [0.15, 0.2) is 0 Å². The van der Waals surface area contributed by atoms with Crippen molar-refractivity contribution < 1.29 is 4.74 Å². The third-order valence-electron chi connectivity index (χ3n) is 3.22. The van der Waals surface area contributed by atoms with Crippen molar-refractivity contribution >= 4 is 5.95 Å². The molecule has 18 heavy (non-hydrogen) atoms.